The quantitative estimate of drug-likeness (QED) is 0.861. The van der Waals surface area contributed by atoms with Crippen molar-refractivity contribution in [3.05, 3.63) is 17.7 Å². The number of carbonyl (C=O) groups is 1. The van der Waals surface area contributed by atoms with E-state index in [1.54, 1.807) is 11.8 Å². The summed E-state index contributed by atoms with van der Waals surface area (Å²) in [6.07, 6.45) is -4.02. The minimum atomic E-state index is -4.49. The summed E-state index contributed by atoms with van der Waals surface area (Å²) in [5.74, 6) is -0.565. The predicted molar refractivity (Wildman–Crippen MR) is 67.8 cm³/mol. The normalized spacial score (nSPS) is 23.1. The highest BCUT2D eigenvalue weighted by atomic mass is 19.4. The Kier molecular flexibility index (Phi) is 3.27. The van der Waals surface area contributed by atoms with Crippen LogP contribution >= 0.6 is 0 Å². The first-order valence-corrected chi connectivity index (χ1v) is 6.01. The van der Waals surface area contributed by atoms with Gasteiger partial charge in [0.1, 0.15) is 11.6 Å². The molecule has 2 heterocycles. The zero-order valence-electron chi connectivity index (χ0n) is 10.9. The van der Waals surface area contributed by atoms with Crippen molar-refractivity contribution in [1.29, 1.82) is 0 Å². The number of aromatic nitrogens is 1. The summed E-state index contributed by atoms with van der Waals surface area (Å²) >= 11 is 0. The largest absolute Gasteiger partial charge is 0.416 e. The smallest absolute Gasteiger partial charge is 0.384 e. The summed E-state index contributed by atoms with van der Waals surface area (Å²) in [6, 6.07) is 1.72. The molecule has 20 heavy (non-hydrogen) atoms. The summed E-state index contributed by atoms with van der Waals surface area (Å²) in [5, 5.41) is 0. The van der Waals surface area contributed by atoms with E-state index >= 15 is 0 Å². The first-order valence-electron chi connectivity index (χ1n) is 6.01. The Labute approximate surface area is 113 Å². The molecular formula is C12H15F3N4O. The summed E-state index contributed by atoms with van der Waals surface area (Å²) in [6.45, 7) is 2.33. The van der Waals surface area contributed by atoms with Gasteiger partial charge in [-0.05, 0) is 25.5 Å². The molecule has 1 amide bonds. The van der Waals surface area contributed by atoms with Crippen molar-refractivity contribution in [2.45, 2.75) is 19.5 Å². The summed E-state index contributed by atoms with van der Waals surface area (Å²) in [7, 11) is 0. The van der Waals surface area contributed by atoms with Crippen LogP contribution in [-0.4, -0.2) is 24.0 Å². The highest BCUT2D eigenvalue weighted by Crippen LogP contribution is 2.36. The molecule has 8 heteroatoms. The number of hydrogen-bond acceptors (Lipinski definition) is 4. The van der Waals surface area contributed by atoms with Gasteiger partial charge in [0.15, 0.2) is 0 Å². The molecule has 1 aromatic rings. The van der Waals surface area contributed by atoms with E-state index in [-0.39, 0.29) is 18.2 Å². The zero-order valence-corrected chi connectivity index (χ0v) is 10.9. The third-order valence-corrected chi connectivity index (χ3v) is 3.55. The molecule has 0 aliphatic carbocycles. The molecule has 4 N–H and O–H groups in total. The van der Waals surface area contributed by atoms with Gasteiger partial charge in [0.2, 0.25) is 5.91 Å². The van der Waals surface area contributed by atoms with E-state index in [0.717, 1.165) is 12.1 Å². The van der Waals surface area contributed by atoms with Crippen molar-refractivity contribution in [3.63, 3.8) is 0 Å². The lowest BCUT2D eigenvalue weighted by atomic mass is 9.89. The Morgan fingerprint density at radius 3 is 2.60 bits per heavy atom. The molecule has 1 unspecified atom stereocenters. The molecule has 1 aromatic heterocycles. The molecule has 1 fully saturated rings. The van der Waals surface area contributed by atoms with Crippen molar-refractivity contribution in [1.82, 2.24) is 4.98 Å². The summed E-state index contributed by atoms with van der Waals surface area (Å²) in [5.41, 5.74) is 9.12. The van der Waals surface area contributed by atoms with E-state index in [0.29, 0.717) is 13.0 Å². The van der Waals surface area contributed by atoms with Crippen molar-refractivity contribution < 1.29 is 18.0 Å². The molecule has 0 radical (unpaired) electrons. The number of pyridine rings is 1. The van der Waals surface area contributed by atoms with Gasteiger partial charge in [-0.15, -0.1) is 0 Å². The van der Waals surface area contributed by atoms with Crippen LogP contribution in [0.1, 0.15) is 18.9 Å². The second kappa shape index (κ2) is 4.53. The number of rotatable bonds is 2. The topological polar surface area (TPSA) is 85.2 Å². The average Bonchev–Trinajstić information content (AvgIpc) is 2.71. The van der Waals surface area contributed by atoms with Gasteiger partial charge in [-0.2, -0.15) is 13.2 Å². The standard InChI is InChI=1S/C12H15F3N4O/c1-11(10(17)20)2-3-19(6-11)9-5-7(12(13,14)15)4-8(16)18-9/h4-5H,2-3,6H2,1H3,(H2,16,18)(H2,17,20). The van der Waals surface area contributed by atoms with Crippen molar-refractivity contribution in [2.24, 2.45) is 11.1 Å². The molecule has 0 spiro atoms. The van der Waals surface area contributed by atoms with Crippen LogP contribution in [0.25, 0.3) is 0 Å². The van der Waals surface area contributed by atoms with E-state index in [9.17, 15) is 18.0 Å². The fourth-order valence-corrected chi connectivity index (χ4v) is 2.22. The lowest BCUT2D eigenvalue weighted by Gasteiger charge is -2.22. The molecular weight excluding hydrogens is 273 g/mol. The highest BCUT2D eigenvalue weighted by Gasteiger charge is 2.40. The Balaban J connectivity index is 2.31. The maximum absolute atomic E-state index is 12.7. The number of amides is 1. The highest BCUT2D eigenvalue weighted by molar-refractivity contribution is 5.82. The molecule has 1 aliphatic heterocycles. The minimum absolute atomic E-state index is 0.113. The number of nitrogen functional groups attached to an aromatic ring is 1. The minimum Gasteiger partial charge on any atom is -0.384 e. The molecule has 0 aromatic carbocycles. The van der Waals surface area contributed by atoms with Crippen LogP contribution in [0.4, 0.5) is 24.8 Å². The van der Waals surface area contributed by atoms with Crippen LogP contribution in [0.5, 0.6) is 0 Å². The monoisotopic (exact) mass is 288 g/mol. The van der Waals surface area contributed by atoms with Gasteiger partial charge in [0.05, 0.1) is 11.0 Å². The first kappa shape index (κ1) is 14.4. The van der Waals surface area contributed by atoms with Gasteiger partial charge in [0.25, 0.3) is 0 Å². The summed E-state index contributed by atoms with van der Waals surface area (Å²) in [4.78, 5) is 16.9. The first-order chi connectivity index (χ1) is 9.12. The van der Waals surface area contributed by atoms with E-state index < -0.39 is 23.1 Å². The molecule has 1 atom stereocenters. The van der Waals surface area contributed by atoms with Crippen molar-refractivity contribution in [3.8, 4) is 0 Å². The van der Waals surface area contributed by atoms with Crippen LogP contribution in [-0.2, 0) is 11.0 Å². The second-order valence-corrected chi connectivity index (χ2v) is 5.23. The number of nitrogens with two attached hydrogens (primary N) is 2. The van der Waals surface area contributed by atoms with Crippen LogP contribution in [0.3, 0.4) is 0 Å². The van der Waals surface area contributed by atoms with Gasteiger partial charge in [-0.1, -0.05) is 0 Å². The van der Waals surface area contributed by atoms with E-state index in [1.807, 2.05) is 0 Å². The van der Waals surface area contributed by atoms with Crippen LogP contribution < -0.4 is 16.4 Å². The average molecular weight is 288 g/mol. The van der Waals surface area contributed by atoms with Gasteiger partial charge >= 0.3 is 6.18 Å². The lowest BCUT2D eigenvalue weighted by molar-refractivity contribution is -0.137. The summed E-state index contributed by atoms with van der Waals surface area (Å²) < 4.78 is 38.2. The molecule has 1 aliphatic rings. The molecule has 1 saturated heterocycles. The Morgan fingerprint density at radius 2 is 2.10 bits per heavy atom. The number of primary amides is 1. The van der Waals surface area contributed by atoms with Gasteiger partial charge in [-0.3, -0.25) is 4.79 Å². The van der Waals surface area contributed by atoms with Crippen molar-refractivity contribution >= 4 is 17.5 Å². The fourth-order valence-electron chi connectivity index (χ4n) is 2.22. The van der Waals surface area contributed by atoms with Crippen LogP contribution in [0.2, 0.25) is 0 Å². The number of hydrogen-bond donors (Lipinski definition) is 2. The Hall–Kier alpha value is -1.99. The number of alkyl halides is 3. The van der Waals surface area contributed by atoms with Gasteiger partial charge in [0, 0.05) is 13.1 Å². The predicted octanol–water partition coefficient (Wildman–Crippen LogP) is 1.38. The van der Waals surface area contributed by atoms with E-state index in [2.05, 4.69) is 4.98 Å². The molecule has 0 saturated carbocycles. The number of nitrogens with zero attached hydrogens (tertiary/aromatic N) is 2. The molecule has 5 nitrogen and oxygen atoms in total. The number of carbonyl (C=O) groups excluding carboxylic acids is 1. The van der Waals surface area contributed by atoms with Crippen LogP contribution in [0, 0.1) is 5.41 Å². The SMILES string of the molecule is CC1(C(N)=O)CCN(c2cc(C(F)(F)F)cc(N)n2)C1. The lowest BCUT2D eigenvalue weighted by Crippen LogP contribution is -2.37. The third-order valence-electron chi connectivity index (χ3n) is 3.55. The van der Waals surface area contributed by atoms with Crippen molar-refractivity contribution in [2.75, 3.05) is 23.7 Å². The van der Waals surface area contributed by atoms with Gasteiger partial charge in [-0.25, -0.2) is 4.98 Å². The van der Waals surface area contributed by atoms with Crippen LogP contribution in [0.15, 0.2) is 12.1 Å². The third kappa shape index (κ3) is 2.63. The molecule has 2 rings (SSSR count). The Bertz CT molecular complexity index is 546. The van der Waals surface area contributed by atoms with Gasteiger partial charge < -0.3 is 16.4 Å². The molecule has 110 valence electrons. The number of anilines is 2. The maximum Gasteiger partial charge on any atom is 0.416 e. The van der Waals surface area contributed by atoms with E-state index in [1.165, 1.54) is 0 Å². The molecule has 0 bridgehead atoms. The number of halogens is 3. The zero-order chi connectivity index (χ0) is 15.1. The second-order valence-electron chi connectivity index (χ2n) is 5.23. The maximum atomic E-state index is 12.7. The van der Waals surface area contributed by atoms with E-state index in [4.69, 9.17) is 11.5 Å². The fraction of sp³-hybridized carbons (Fsp3) is 0.500. The Morgan fingerprint density at radius 1 is 1.45 bits per heavy atom.